The van der Waals surface area contributed by atoms with Gasteiger partial charge in [-0.05, 0) is 30.7 Å². The smallest absolute Gasteiger partial charge is 0.153 e. The highest BCUT2D eigenvalue weighted by molar-refractivity contribution is 5.79. The first kappa shape index (κ1) is 12.1. The van der Waals surface area contributed by atoms with E-state index in [0.717, 1.165) is 31.4 Å². The fourth-order valence-corrected chi connectivity index (χ4v) is 1.93. The second-order valence-corrected chi connectivity index (χ2v) is 4.12. The molecule has 1 aromatic rings. The van der Waals surface area contributed by atoms with E-state index in [1.54, 1.807) is 13.2 Å². The second-order valence-electron chi connectivity index (χ2n) is 4.12. The van der Waals surface area contributed by atoms with Gasteiger partial charge in [-0.3, -0.25) is 4.79 Å². The number of methoxy groups -OCH3 is 1. The summed E-state index contributed by atoms with van der Waals surface area (Å²) in [5, 5.41) is 3.25. The van der Waals surface area contributed by atoms with E-state index in [4.69, 9.17) is 9.47 Å². The molecule has 0 spiro atoms. The van der Waals surface area contributed by atoms with Crippen molar-refractivity contribution in [2.75, 3.05) is 20.2 Å². The maximum Gasteiger partial charge on any atom is 0.153 e. The molecule has 1 N–H and O–H groups in total. The fraction of sp³-hybridized carbons (Fsp3) is 0.462. The molecule has 1 aliphatic heterocycles. The molecule has 0 radical (unpaired) electrons. The van der Waals surface area contributed by atoms with Gasteiger partial charge in [0.25, 0.3) is 0 Å². The molecule has 1 fully saturated rings. The van der Waals surface area contributed by atoms with E-state index in [2.05, 4.69) is 5.32 Å². The van der Waals surface area contributed by atoms with Crippen molar-refractivity contribution in [2.45, 2.75) is 19.1 Å². The largest absolute Gasteiger partial charge is 0.496 e. The number of hydrogen-bond acceptors (Lipinski definition) is 4. The van der Waals surface area contributed by atoms with Gasteiger partial charge in [-0.1, -0.05) is 6.07 Å². The summed E-state index contributed by atoms with van der Waals surface area (Å²) in [6.07, 6.45) is 2.15. The average molecular weight is 235 g/mol. The Kier molecular flexibility index (Phi) is 4.12. The number of benzene rings is 1. The summed E-state index contributed by atoms with van der Waals surface area (Å²) in [4.78, 5) is 10.7. The highest BCUT2D eigenvalue weighted by Gasteiger charge is 2.14. The van der Waals surface area contributed by atoms with Gasteiger partial charge in [0.05, 0.1) is 25.4 Å². The normalized spacial score (nSPS) is 19.2. The first-order valence-electron chi connectivity index (χ1n) is 5.78. The molecule has 1 atom stereocenters. The van der Waals surface area contributed by atoms with Crippen LogP contribution in [0.15, 0.2) is 18.2 Å². The van der Waals surface area contributed by atoms with Crippen molar-refractivity contribution in [2.24, 2.45) is 0 Å². The molecule has 1 heterocycles. The van der Waals surface area contributed by atoms with Crippen LogP contribution in [0.3, 0.4) is 0 Å². The van der Waals surface area contributed by atoms with Crippen molar-refractivity contribution in [1.29, 1.82) is 0 Å². The topological polar surface area (TPSA) is 47.6 Å². The third-order valence-corrected chi connectivity index (χ3v) is 2.93. The average Bonchev–Trinajstić information content (AvgIpc) is 2.89. The molecule has 1 unspecified atom stereocenters. The molecule has 1 saturated heterocycles. The van der Waals surface area contributed by atoms with Crippen LogP contribution in [-0.4, -0.2) is 32.6 Å². The minimum atomic E-state index is 0.298. The van der Waals surface area contributed by atoms with Gasteiger partial charge in [0.1, 0.15) is 5.75 Å². The third kappa shape index (κ3) is 3.05. The van der Waals surface area contributed by atoms with Crippen LogP contribution in [-0.2, 0) is 11.3 Å². The number of rotatable bonds is 5. The predicted octanol–water partition coefficient (Wildman–Crippen LogP) is 1.39. The molecule has 0 aliphatic carbocycles. The van der Waals surface area contributed by atoms with Crippen LogP contribution in [0.5, 0.6) is 5.75 Å². The molecule has 0 bridgehead atoms. The third-order valence-electron chi connectivity index (χ3n) is 2.93. The zero-order valence-corrected chi connectivity index (χ0v) is 9.94. The summed E-state index contributed by atoms with van der Waals surface area (Å²) in [6, 6.07) is 5.51. The SMILES string of the molecule is COc1cc(COC2CCNC2)ccc1C=O. The van der Waals surface area contributed by atoms with Crippen molar-refractivity contribution in [3.05, 3.63) is 29.3 Å². The minimum Gasteiger partial charge on any atom is -0.496 e. The Morgan fingerprint density at radius 3 is 3.06 bits per heavy atom. The minimum absolute atomic E-state index is 0.298. The Morgan fingerprint density at radius 2 is 2.41 bits per heavy atom. The Hall–Kier alpha value is -1.39. The molecule has 0 amide bonds. The van der Waals surface area contributed by atoms with Crippen LogP contribution in [0.25, 0.3) is 0 Å². The monoisotopic (exact) mass is 235 g/mol. The number of hydrogen-bond donors (Lipinski definition) is 1. The van der Waals surface area contributed by atoms with Gasteiger partial charge in [-0.15, -0.1) is 0 Å². The summed E-state index contributed by atoms with van der Waals surface area (Å²) < 4.78 is 10.9. The highest BCUT2D eigenvalue weighted by Crippen LogP contribution is 2.19. The molecule has 4 nitrogen and oxygen atoms in total. The van der Waals surface area contributed by atoms with Gasteiger partial charge in [-0.2, -0.15) is 0 Å². The summed E-state index contributed by atoms with van der Waals surface area (Å²) in [6.45, 7) is 2.50. The number of aldehydes is 1. The van der Waals surface area contributed by atoms with Gasteiger partial charge >= 0.3 is 0 Å². The molecule has 92 valence electrons. The summed E-state index contributed by atoms with van der Waals surface area (Å²) in [5.74, 6) is 0.602. The van der Waals surface area contributed by atoms with E-state index >= 15 is 0 Å². The maximum absolute atomic E-state index is 10.7. The zero-order chi connectivity index (χ0) is 12.1. The van der Waals surface area contributed by atoms with Gasteiger partial charge in [0, 0.05) is 6.54 Å². The Labute approximate surface area is 101 Å². The fourth-order valence-electron chi connectivity index (χ4n) is 1.93. The van der Waals surface area contributed by atoms with Crippen LogP contribution in [0.2, 0.25) is 0 Å². The van der Waals surface area contributed by atoms with Gasteiger partial charge in [-0.25, -0.2) is 0 Å². The van der Waals surface area contributed by atoms with Gasteiger partial charge in [0.2, 0.25) is 0 Å². The van der Waals surface area contributed by atoms with Crippen molar-refractivity contribution in [3.8, 4) is 5.75 Å². The van der Waals surface area contributed by atoms with Crippen LogP contribution in [0, 0.1) is 0 Å². The van der Waals surface area contributed by atoms with E-state index in [1.807, 2.05) is 12.1 Å². The number of ether oxygens (including phenoxy) is 2. The lowest BCUT2D eigenvalue weighted by molar-refractivity contribution is 0.0541. The van der Waals surface area contributed by atoms with E-state index in [1.165, 1.54) is 0 Å². The van der Waals surface area contributed by atoms with Crippen LogP contribution in [0.4, 0.5) is 0 Å². The second kappa shape index (κ2) is 5.80. The van der Waals surface area contributed by atoms with Crippen LogP contribution in [0.1, 0.15) is 22.3 Å². The standard InChI is InChI=1S/C13H17NO3/c1-16-13-6-10(2-3-11(13)8-15)9-17-12-4-5-14-7-12/h2-3,6,8,12,14H,4-5,7,9H2,1H3. The summed E-state index contributed by atoms with van der Waals surface area (Å²) >= 11 is 0. The quantitative estimate of drug-likeness (QED) is 0.783. The molecule has 0 aromatic heterocycles. The lowest BCUT2D eigenvalue weighted by Crippen LogP contribution is -2.16. The van der Waals surface area contributed by atoms with Crippen molar-refractivity contribution >= 4 is 6.29 Å². The number of carbonyl (C=O) groups excluding carboxylic acids is 1. The molecule has 2 rings (SSSR count). The number of nitrogens with one attached hydrogen (secondary N) is 1. The van der Waals surface area contributed by atoms with E-state index in [9.17, 15) is 4.79 Å². The predicted molar refractivity (Wildman–Crippen MR) is 64.4 cm³/mol. The highest BCUT2D eigenvalue weighted by atomic mass is 16.5. The first-order chi connectivity index (χ1) is 8.33. The summed E-state index contributed by atoms with van der Waals surface area (Å²) in [5.41, 5.74) is 1.60. The lowest BCUT2D eigenvalue weighted by Gasteiger charge is -2.11. The van der Waals surface area contributed by atoms with Crippen LogP contribution >= 0.6 is 0 Å². The van der Waals surface area contributed by atoms with Gasteiger partial charge < -0.3 is 14.8 Å². The van der Waals surface area contributed by atoms with E-state index < -0.39 is 0 Å². The maximum atomic E-state index is 10.7. The lowest BCUT2D eigenvalue weighted by atomic mass is 10.1. The Bertz CT molecular complexity index is 386. The van der Waals surface area contributed by atoms with Crippen LogP contribution < -0.4 is 10.1 Å². The molecular formula is C13H17NO3. The number of carbonyl (C=O) groups is 1. The Morgan fingerprint density at radius 1 is 1.53 bits per heavy atom. The zero-order valence-electron chi connectivity index (χ0n) is 9.94. The van der Waals surface area contributed by atoms with Crippen molar-refractivity contribution in [1.82, 2.24) is 5.32 Å². The van der Waals surface area contributed by atoms with Crippen molar-refractivity contribution < 1.29 is 14.3 Å². The van der Waals surface area contributed by atoms with E-state index in [-0.39, 0.29) is 0 Å². The molecule has 1 aliphatic rings. The first-order valence-corrected chi connectivity index (χ1v) is 5.78. The van der Waals surface area contributed by atoms with Crippen molar-refractivity contribution in [3.63, 3.8) is 0 Å². The Balaban J connectivity index is 1.98. The van der Waals surface area contributed by atoms with Gasteiger partial charge in [0.15, 0.2) is 6.29 Å². The molecule has 17 heavy (non-hydrogen) atoms. The molecule has 1 aromatic carbocycles. The summed E-state index contributed by atoms with van der Waals surface area (Å²) in [7, 11) is 1.56. The molecule has 0 saturated carbocycles. The van der Waals surface area contributed by atoms with E-state index in [0.29, 0.717) is 24.0 Å². The molecule has 4 heteroatoms. The molecular weight excluding hydrogens is 218 g/mol.